The van der Waals surface area contributed by atoms with Crippen molar-refractivity contribution in [3.05, 3.63) is 23.8 Å². The highest BCUT2D eigenvalue weighted by atomic mass is 16.5. The Morgan fingerprint density at radius 3 is 2.50 bits per heavy atom. The Balaban J connectivity index is 2.90. The zero-order valence-corrected chi connectivity index (χ0v) is 12.4. The van der Waals surface area contributed by atoms with E-state index in [0.717, 1.165) is 5.56 Å². The fourth-order valence-corrected chi connectivity index (χ4v) is 1.96. The lowest BCUT2D eigenvalue weighted by Crippen LogP contribution is -2.41. The highest BCUT2D eigenvalue weighted by Gasteiger charge is 2.21. The van der Waals surface area contributed by atoms with Gasteiger partial charge in [-0.1, -0.05) is 12.1 Å². The molecule has 1 rings (SSSR count). The van der Waals surface area contributed by atoms with Gasteiger partial charge in [0.05, 0.1) is 14.2 Å². The number of amides is 1. The predicted octanol–water partition coefficient (Wildman–Crippen LogP) is 0.636. The van der Waals surface area contributed by atoms with Gasteiger partial charge in [0, 0.05) is 32.8 Å². The van der Waals surface area contributed by atoms with Gasteiger partial charge in [-0.25, -0.2) is 0 Å². The van der Waals surface area contributed by atoms with Crippen molar-refractivity contribution in [1.29, 1.82) is 0 Å². The fourth-order valence-electron chi connectivity index (χ4n) is 1.96. The number of para-hydroxylation sites is 1. The number of rotatable bonds is 7. The van der Waals surface area contributed by atoms with Crippen LogP contribution in [0.3, 0.4) is 0 Å². The molecule has 0 radical (unpaired) electrons. The van der Waals surface area contributed by atoms with Crippen LogP contribution in [-0.4, -0.2) is 51.8 Å². The molecule has 1 unspecified atom stereocenters. The van der Waals surface area contributed by atoms with E-state index in [9.17, 15) is 4.79 Å². The van der Waals surface area contributed by atoms with Crippen LogP contribution in [0.4, 0.5) is 0 Å². The largest absolute Gasteiger partial charge is 0.493 e. The first-order valence-corrected chi connectivity index (χ1v) is 6.26. The average molecular weight is 282 g/mol. The molecule has 20 heavy (non-hydrogen) atoms. The van der Waals surface area contributed by atoms with Crippen molar-refractivity contribution in [2.45, 2.75) is 12.6 Å². The first-order chi connectivity index (χ1) is 9.58. The molecule has 0 aliphatic heterocycles. The van der Waals surface area contributed by atoms with Crippen LogP contribution in [0.25, 0.3) is 0 Å². The number of carbonyl (C=O) groups is 1. The number of hydrogen-bond acceptors (Lipinski definition) is 5. The van der Waals surface area contributed by atoms with E-state index in [4.69, 9.17) is 19.9 Å². The van der Waals surface area contributed by atoms with Crippen molar-refractivity contribution < 1.29 is 19.0 Å². The van der Waals surface area contributed by atoms with Gasteiger partial charge in [0.1, 0.15) is 6.10 Å². The lowest BCUT2D eigenvalue weighted by Gasteiger charge is -2.23. The molecule has 6 nitrogen and oxygen atoms in total. The Morgan fingerprint density at radius 2 is 2.00 bits per heavy atom. The van der Waals surface area contributed by atoms with Gasteiger partial charge in [-0.05, 0) is 6.07 Å². The van der Waals surface area contributed by atoms with Gasteiger partial charge < -0.3 is 24.8 Å². The first-order valence-electron chi connectivity index (χ1n) is 6.26. The Bertz CT molecular complexity index is 447. The first kappa shape index (κ1) is 16.3. The van der Waals surface area contributed by atoms with Gasteiger partial charge in [-0.3, -0.25) is 4.79 Å². The molecule has 6 heteroatoms. The Kier molecular flexibility index (Phi) is 6.27. The molecule has 0 fully saturated rings. The maximum Gasteiger partial charge on any atom is 0.253 e. The number of likely N-dealkylation sites (N-methyl/N-ethyl adjacent to an activating group) is 1. The summed E-state index contributed by atoms with van der Waals surface area (Å²) < 4.78 is 15.6. The molecule has 0 aliphatic carbocycles. The van der Waals surface area contributed by atoms with Gasteiger partial charge in [0.25, 0.3) is 5.91 Å². The summed E-state index contributed by atoms with van der Waals surface area (Å²) in [5, 5.41) is 0. The van der Waals surface area contributed by atoms with Gasteiger partial charge in [0.15, 0.2) is 11.5 Å². The Labute approximate surface area is 119 Å². The van der Waals surface area contributed by atoms with E-state index in [1.807, 2.05) is 18.2 Å². The van der Waals surface area contributed by atoms with Crippen molar-refractivity contribution in [3.63, 3.8) is 0 Å². The van der Waals surface area contributed by atoms with Gasteiger partial charge >= 0.3 is 0 Å². The van der Waals surface area contributed by atoms with Crippen molar-refractivity contribution in [3.8, 4) is 11.5 Å². The van der Waals surface area contributed by atoms with Crippen LogP contribution in [0, 0.1) is 0 Å². The summed E-state index contributed by atoms with van der Waals surface area (Å²) >= 11 is 0. The van der Waals surface area contributed by atoms with Crippen LogP contribution in [-0.2, 0) is 16.1 Å². The highest BCUT2D eigenvalue weighted by molar-refractivity contribution is 5.81. The molecule has 0 bridgehead atoms. The van der Waals surface area contributed by atoms with E-state index in [1.54, 1.807) is 26.2 Å². The van der Waals surface area contributed by atoms with E-state index in [2.05, 4.69) is 0 Å². The monoisotopic (exact) mass is 282 g/mol. The van der Waals surface area contributed by atoms with Crippen molar-refractivity contribution in [1.82, 2.24) is 4.90 Å². The molecule has 0 aromatic heterocycles. The van der Waals surface area contributed by atoms with Gasteiger partial charge in [-0.15, -0.1) is 0 Å². The summed E-state index contributed by atoms with van der Waals surface area (Å²) in [4.78, 5) is 13.7. The Morgan fingerprint density at radius 1 is 1.30 bits per heavy atom. The van der Waals surface area contributed by atoms with Gasteiger partial charge in [-0.2, -0.15) is 0 Å². The normalized spacial score (nSPS) is 11.8. The number of carbonyl (C=O) groups excluding carboxylic acids is 1. The molecular weight excluding hydrogens is 260 g/mol. The zero-order valence-electron chi connectivity index (χ0n) is 12.4. The van der Waals surface area contributed by atoms with Crippen LogP contribution >= 0.6 is 0 Å². The summed E-state index contributed by atoms with van der Waals surface area (Å²) in [6, 6.07) is 5.54. The standard InChI is InChI=1S/C14H22N2O4/c1-16(14(17)12(8-15)19-3)9-10-6-5-7-11(18-2)13(10)20-4/h5-7,12H,8-9,15H2,1-4H3. The third-order valence-electron chi connectivity index (χ3n) is 3.04. The second-order valence-electron chi connectivity index (χ2n) is 4.31. The highest BCUT2D eigenvalue weighted by Crippen LogP contribution is 2.31. The number of nitrogens with zero attached hydrogens (tertiary/aromatic N) is 1. The van der Waals surface area contributed by atoms with E-state index < -0.39 is 6.10 Å². The van der Waals surface area contributed by atoms with Crippen LogP contribution in [0.5, 0.6) is 11.5 Å². The third-order valence-corrected chi connectivity index (χ3v) is 3.04. The number of hydrogen-bond donors (Lipinski definition) is 1. The summed E-state index contributed by atoms with van der Waals surface area (Å²) in [6.07, 6.45) is -0.628. The molecule has 0 aliphatic rings. The van der Waals surface area contributed by atoms with Crippen molar-refractivity contribution in [2.75, 3.05) is 34.9 Å². The number of benzene rings is 1. The van der Waals surface area contributed by atoms with Crippen molar-refractivity contribution in [2.24, 2.45) is 5.73 Å². The molecule has 0 heterocycles. The summed E-state index contributed by atoms with van der Waals surface area (Å²) in [7, 11) is 6.31. The molecule has 1 aromatic carbocycles. The molecule has 112 valence electrons. The quantitative estimate of drug-likeness (QED) is 0.794. The molecule has 0 spiro atoms. The minimum absolute atomic E-state index is 0.148. The van der Waals surface area contributed by atoms with Crippen molar-refractivity contribution >= 4 is 5.91 Å². The smallest absolute Gasteiger partial charge is 0.253 e. The van der Waals surface area contributed by atoms with E-state index in [-0.39, 0.29) is 12.5 Å². The van der Waals surface area contributed by atoms with Crippen LogP contribution in [0.15, 0.2) is 18.2 Å². The average Bonchev–Trinajstić information content (AvgIpc) is 2.47. The second kappa shape index (κ2) is 7.72. The lowest BCUT2D eigenvalue weighted by molar-refractivity contribution is -0.140. The predicted molar refractivity (Wildman–Crippen MR) is 75.9 cm³/mol. The molecule has 0 saturated heterocycles. The van der Waals surface area contributed by atoms with Gasteiger partial charge in [0.2, 0.25) is 0 Å². The summed E-state index contributed by atoms with van der Waals surface area (Å²) in [5.74, 6) is 1.09. The molecule has 2 N–H and O–H groups in total. The zero-order chi connectivity index (χ0) is 15.1. The van der Waals surface area contributed by atoms with E-state index in [1.165, 1.54) is 7.11 Å². The summed E-state index contributed by atoms with van der Waals surface area (Å²) in [5.41, 5.74) is 6.36. The van der Waals surface area contributed by atoms with Crippen LogP contribution < -0.4 is 15.2 Å². The fraction of sp³-hybridized carbons (Fsp3) is 0.500. The number of nitrogens with two attached hydrogens (primary N) is 1. The molecular formula is C14H22N2O4. The van der Waals surface area contributed by atoms with E-state index >= 15 is 0 Å². The molecule has 1 aromatic rings. The SMILES string of the molecule is COc1cccc(CN(C)C(=O)C(CN)OC)c1OC. The van der Waals surface area contributed by atoms with Crippen LogP contribution in [0.1, 0.15) is 5.56 Å². The number of ether oxygens (including phenoxy) is 3. The lowest BCUT2D eigenvalue weighted by atomic mass is 10.1. The number of methoxy groups -OCH3 is 3. The maximum atomic E-state index is 12.1. The summed E-state index contributed by atoms with van der Waals surface area (Å²) in [6.45, 7) is 0.536. The molecule has 1 atom stereocenters. The maximum absolute atomic E-state index is 12.1. The van der Waals surface area contributed by atoms with Crippen LogP contribution in [0.2, 0.25) is 0 Å². The Hall–Kier alpha value is -1.79. The third kappa shape index (κ3) is 3.61. The second-order valence-corrected chi connectivity index (χ2v) is 4.31. The molecule has 1 amide bonds. The topological polar surface area (TPSA) is 74.0 Å². The molecule has 0 saturated carbocycles. The van der Waals surface area contributed by atoms with E-state index in [0.29, 0.717) is 18.0 Å². The minimum Gasteiger partial charge on any atom is -0.493 e. The minimum atomic E-state index is -0.628.